The molecule has 26 heavy (non-hydrogen) atoms. The number of nitro benzene ring substituents is 1. The van der Waals surface area contributed by atoms with Crippen molar-refractivity contribution in [1.29, 1.82) is 0 Å². The Balaban J connectivity index is 2.10. The van der Waals surface area contributed by atoms with Gasteiger partial charge >= 0.3 is 0 Å². The molecule has 0 aliphatic heterocycles. The fourth-order valence-electron chi connectivity index (χ4n) is 2.49. The second kappa shape index (κ2) is 8.64. The van der Waals surface area contributed by atoms with E-state index in [-0.39, 0.29) is 17.3 Å². The molecule has 2 aromatic rings. The molecular weight excluding hydrogens is 358 g/mol. The Labute approximate surface area is 156 Å². The highest BCUT2D eigenvalue weighted by Gasteiger charge is 2.24. The zero-order valence-electron chi connectivity index (χ0n) is 14.8. The van der Waals surface area contributed by atoms with Gasteiger partial charge in [0.05, 0.1) is 24.8 Å². The Morgan fingerprint density at radius 1 is 1.35 bits per heavy atom. The minimum atomic E-state index is -0.519. The molecule has 2 atom stereocenters. The zero-order valence-corrected chi connectivity index (χ0v) is 15.5. The fourth-order valence-corrected chi connectivity index (χ4v) is 2.71. The Kier molecular flexibility index (Phi) is 6.54. The predicted molar refractivity (Wildman–Crippen MR) is 99.8 cm³/mol. The number of hydrogen-bond acceptors (Lipinski definition) is 4. The van der Waals surface area contributed by atoms with E-state index in [4.69, 9.17) is 16.3 Å². The Bertz CT molecular complexity index is 813. The number of non-ortho nitro benzene ring substituents is 1. The summed E-state index contributed by atoms with van der Waals surface area (Å²) in [6.45, 7) is 2.40. The first-order valence-corrected chi connectivity index (χ1v) is 8.39. The number of halogens is 1. The monoisotopic (exact) mass is 378 g/mol. The lowest BCUT2D eigenvalue weighted by molar-refractivity contribution is -0.907. The van der Waals surface area contributed by atoms with Crippen molar-refractivity contribution in [2.45, 2.75) is 19.5 Å². The van der Waals surface area contributed by atoms with Crippen molar-refractivity contribution < 1.29 is 19.4 Å². The van der Waals surface area contributed by atoms with Gasteiger partial charge in [-0.2, -0.15) is 0 Å². The number of benzene rings is 2. The van der Waals surface area contributed by atoms with Crippen LogP contribution in [0, 0.1) is 10.1 Å². The van der Waals surface area contributed by atoms with E-state index in [1.54, 1.807) is 13.0 Å². The third-order valence-electron chi connectivity index (χ3n) is 4.16. The SMILES string of the molecule is COc1ccc([N+](=O)[O-])cc1NC(=O)[C@H](C)[NH+](C)Cc1cccc(Cl)c1. The molecular formula is C18H21ClN3O4+. The maximum absolute atomic E-state index is 12.6. The normalized spacial score (nSPS) is 12.9. The number of amides is 1. The third kappa shape index (κ3) is 4.93. The van der Waals surface area contributed by atoms with E-state index in [2.05, 4.69) is 5.32 Å². The zero-order chi connectivity index (χ0) is 19.3. The van der Waals surface area contributed by atoms with Gasteiger partial charge in [-0.1, -0.05) is 23.7 Å². The van der Waals surface area contributed by atoms with E-state index < -0.39 is 11.0 Å². The Morgan fingerprint density at radius 2 is 2.08 bits per heavy atom. The molecule has 0 heterocycles. The number of ether oxygens (including phenoxy) is 1. The standard InChI is InChI=1S/C18H20ClN3O4/c1-12(21(2)11-13-5-4-6-14(19)9-13)18(23)20-16-10-15(22(24)25)7-8-17(16)26-3/h4-10,12H,11H2,1-3H3,(H,20,23)/p+1/t12-/m0/s1. The average Bonchev–Trinajstić information content (AvgIpc) is 2.60. The van der Waals surface area contributed by atoms with Crippen molar-refractivity contribution in [3.05, 3.63) is 63.2 Å². The van der Waals surface area contributed by atoms with E-state index >= 15 is 0 Å². The van der Waals surface area contributed by atoms with E-state index in [1.807, 2.05) is 25.2 Å². The van der Waals surface area contributed by atoms with Gasteiger partial charge in [0.25, 0.3) is 11.6 Å². The molecule has 2 N–H and O–H groups in total. The van der Waals surface area contributed by atoms with Crippen LogP contribution >= 0.6 is 11.6 Å². The number of likely N-dealkylation sites (N-methyl/N-ethyl adjacent to an activating group) is 1. The number of nitrogens with zero attached hydrogens (tertiary/aromatic N) is 1. The second-order valence-corrected chi connectivity index (χ2v) is 6.44. The van der Waals surface area contributed by atoms with Crippen LogP contribution in [0.3, 0.4) is 0 Å². The highest BCUT2D eigenvalue weighted by molar-refractivity contribution is 6.30. The highest BCUT2D eigenvalue weighted by atomic mass is 35.5. The van der Waals surface area contributed by atoms with Gasteiger partial charge < -0.3 is 15.0 Å². The first-order valence-electron chi connectivity index (χ1n) is 8.02. The molecule has 0 radical (unpaired) electrons. The second-order valence-electron chi connectivity index (χ2n) is 6.01. The molecule has 2 rings (SSSR count). The summed E-state index contributed by atoms with van der Waals surface area (Å²) in [5, 5.41) is 14.3. The molecule has 1 amide bonds. The lowest BCUT2D eigenvalue weighted by atomic mass is 10.2. The minimum absolute atomic E-state index is 0.117. The number of rotatable bonds is 7. The summed E-state index contributed by atoms with van der Waals surface area (Å²) in [6.07, 6.45) is 0. The number of hydrogen-bond donors (Lipinski definition) is 2. The van der Waals surface area contributed by atoms with Crippen molar-refractivity contribution in [2.75, 3.05) is 19.5 Å². The number of nitro groups is 1. The van der Waals surface area contributed by atoms with Crippen molar-refractivity contribution in [3.63, 3.8) is 0 Å². The number of nitrogens with one attached hydrogen (secondary N) is 2. The van der Waals surface area contributed by atoms with Gasteiger partial charge in [-0.3, -0.25) is 14.9 Å². The van der Waals surface area contributed by atoms with E-state index in [0.717, 1.165) is 10.5 Å². The first-order chi connectivity index (χ1) is 12.3. The van der Waals surface area contributed by atoms with Crippen LogP contribution in [0.2, 0.25) is 5.02 Å². The lowest BCUT2D eigenvalue weighted by Crippen LogP contribution is -3.12. The first kappa shape index (κ1) is 19.7. The smallest absolute Gasteiger partial charge is 0.282 e. The van der Waals surface area contributed by atoms with Gasteiger partial charge in [-0.15, -0.1) is 0 Å². The molecule has 0 aliphatic carbocycles. The number of methoxy groups -OCH3 is 1. The van der Waals surface area contributed by atoms with Crippen molar-refractivity contribution in [3.8, 4) is 5.75 Å². The largest absolute Gasteiger partial charge is 0.495 e. The Morgan fingerprint density at radius 3 is 2.69 bits per heavy atom. The molecule has 8 heteroatoms. The molecule has 2 aromatic carbocycles. The van der Waals surface area contributed by atoms with Gasteiger partial charge in [-0.05, 0) is 25.1 Å². The molecule has 0 saturated heterocycles. The topological polar surface area (TPSA) is 85.9 Å². The number of carbonyl (C=O) groups is 1. The molecule has 0 bridgehead atoms. The molecule has 7 nitrogen and oxygen atoms in total. The van der Waals surface area contributed by atoms with Gasteiger partial charge in [0.1, 0.15) is 12.3 Å². The summed E-state index contributed by atoms with van der Waals surface area (Å²) in [5.74, 6) is 0.104. The van der Waals surface area contributed by atoms with Crippen molar-refractivity contribution >= 4 is 28.9 Å². The van der Waals surface area contributed by atoms with Crippen molar-refractivity contribution in [2.24, 2.45) is 0 Å². The van der Waals surface area contributed by atoms with Crippen LogP contribution in [0.25, 0.3) is 0 Å². The van der Waals surface area contributed by atoms with Crippen LogP contribution in [0.1, 0.15) is 12.5 Å². The Hall–Kier alpha value is -2.64. The summed E-state index contributed by atoms with van der Waals surface area (Å²) in [4.78, 5) is 24.0. The quantitative estimate of drug-likeness (QED) is 0.571. The summed E-state index contributed by atoms with van der Waals surface area (Å²) in [5.41, 5.74) is 1.17. The average molecular weight is 379 g/mol. The van der Waals surface area contributed by atoms with Crippen LogP contribution in [-0.2, 0) is 11.3 Å². The summed E-state index contributed by atoms with van der Waals surface area (Å²) < 4.78 is 5.17. The maximum Gasteiger partial charge on any atom is 0.282 e. The minimum Gasteiger partial charge on any atom is -0.495 e. The summed E-state index contributed by atoms with van der Waals surface area (Å²) >= 11 is 5.99. The van der Waals surface area contributed by atoms with Crippen LogP contribution in [0.4, 0.5) is 11.4 Å². The molecule has 0 spiro atoms. The number of anilines is 1. The number of quaternary nitrogens is 1. The van der Waals surface area contributed by atoms with Gasteiger partial charge in [-0.25, -0.2) is 0 Å². The lowest BCUT2D eigenvalue weighted by Gasteiger charge is -2.21. The molecule has 138 valence electrons. The summed E-state index contributed by atoms with van der Waals surface area (Å²) in [7, 11) is 3.34. The van der Waals surface area contributed by atoms with E-state index in [1.165, 1.54) is 25.3 Å². The fraction of sp³-hybridized carbons (Fsp3) is 0.278. The van der Waals surface area contributed by atoms with Gasteiger partial charge in [0, 0.05) is 22.7 Å². The number of carbonyl (C=O) groups excluding carboxylic acids is 1. The van der Waals surface area contributed by atoms with Gasteiger partial charge in [0.15, 0.2) is 6.04 Å². The van der Waals surface area contributed by atoms with Crippen molar-refractivity contribution in [1.82, 2.24) is 0 Å². The van der Waals surface area contributed by atoms with Crippen LogP contribution in [0.15, 0.2) is 42.5 Å². The van der Waals surface area contributed by atoms with Crippen LogP contribution in [-0.4, -0.2) is 31.0 Å². The third-order valence-corrected chi connectivity index (χ3v) is 4.39. The molecule has 0 fully saturated rings. The predicted octanol–water partition coefficient (Wildman–Crippen LogP) is 2.30. The molecule has 0 saturated carbocycles. The highest BCUT2D eigenvalue weighted by Crippen LogP contribution is 2.28. The summed E-state index contributed by atoms with van der Waals surface area (Å²) in [6, 6.07) is 11.2. The molecule has 0 aliphatic rings. The maximum atomic E-state index is 12.6. The van der Waals surface area contributed by atoms with E-state index in [9.17, 15) is 14.9 Å². The van der Waals surface area contributed by atoms with Gasteiger partial charge in [0.2, 0.25) is 0 Å². The molecule has 1 unspecified atom stereocenters. The van der Waals surface area contributed by atoms with E-state index in [0.29, 0.717) is 17.3 Å². The van der Waals surface area contributed by atoms with Crippen LogP contribution < -0.4 is 15.0 Å². The molecule has 0 aromatic heterocycles. The van der Waals surface area contributed by atoms with Crippen LogP contribution in [0.5, 0.6) is 5.75 Å².